The molecule has 0 aromatic heterocycles. The third-order valence-electron chi connectivity index (χ3n) is 2.01. The predicted octanol–water partition coefficient (Wildman–Crippen LogP) is 2.03. The molecule has 1 atom stereocenters. The number of halogens is 1. The SMILES string of the molecule is CCOC(=O)C(C)Oc1cccc(F)c1C#N. The third kappa shape index (κ3) is 3.18. The van der Waals surface area contributed by atoms with Gasteiger partial charge in [0.05, 0.1) is 6.61 Å². The number of nitrogens with zero attached hydrogens (tertiary/aromatic N) is 1. The summed E-state index contributed by atoms with van der Waals surface area (Å²) in [6.07, 6.45) is -0.885. The van der Waals surface area contributed by atoms with Gasteiger partial charge in [-0.15, -0.1) is 0 Å². The van der Waals surface area contributed by atoms with Crippen molar-refractivity contribution in [2.24, 2.45) is 0 Å². The van der Waals surface area contributed by atoms with Crippen LogP contribution in [0.3, 0.4) is 0 Å². The van der Waals surface area contributed by atoms with E-state index in [0.717, 1.165) is 6.07 Å². The molecule has 4 nitrogen and oxygen atoms in total. The molecule has 0 aliphatic carbocycles. The molecule has 0 saturated carbocycles. The number of carbonyl (C=O) groups is 1. The van der Waals surface area contributed by atoms with Gasteiger partial charge in [0.1, 0.15) is 23.2 Å². The first kappa shape index (κ1) is 13.0. The van der Waals surface area contributed by atoms with Crippen LogP contribution in [0.5, 0.6) is 5.75 Å². The molecule has 5 heteroatoms. The summed E-state index contributed by atoms with van der Waals surface area (Å²) in [5.41, 5.74) is -0.219. The van der Waals surface area contributed by atoms with E-state index < -0.39 is 17.9 Å². The summed E-state index contributed by atoms with van der Waals surface area (Å²) in [5.74, 6) is -1.20. The van der Waals surface area contributed by atoms with Crippen molar-refractivity contribution in [2.45, 2.75) is 20.0 Å². The van der Waals surface area contributed by atoms with Crippen molar-refractivity contribution in [3.63, 3.8) is 0 Å². The van der Waals surface area contributed by atoms with Crippen LogP contribution in [0.4, 0.5) is 4.39 Å². The van der Waals surface area contributed by atoms with Crippen molar-refractivity contribution in [3.8, 4) is 11.8 Å². The largest absolute Gasteiger partial charge is 0.478 e. The molecule has 1 aromatic rings. The van der Waals surface area contributed by atoms with Crippen LogP contribution in [0.2, 0.25) is 0 Å². The summed E-state index contributed by atoms with van der Waals surface area (Å²) in [7, 11) is 0. The van der Waals surface area contributed by atoms with Crippen molar-refractivity contribution in [3.05, 3.63) is 29.6 Å². The normalized spacial score (nSPS) is 11.4. The average Bonchev–Trinajstić information content (AvgIpc) is 2.29. The second-order valence-corrected chi connectivity index (χ2v) is 3.24. The Morgan fingerprint density at radius 1 is 1.59 bits per heavy atom. The molecule has 1 rings (SSSR count). The highest BCUT2D eigenvalue weighted by atomic mass is 19.1. The molecule has 1 unspecified atom stereocenters. The zero-order valence-corrected chi connectivity index (χ0v) is 9.57. The highest BCUT2D eigenvalue weighted by Gasteiger charge is 2.18. The summed E-state index contributed by atoms with van der Waals surface area (Å²) in [4.78, 5) is 11.3. The van der Waals surface area contributed by atoms with Crippen LogP contribution in [-0.4, -0.2) is 18.7 Å². The van der Waals surface area contributed by atoms with Gasteiger partial charge in [-0.25, -0.2) is 9.18 Å². The second kappa shape index (κ2) is 5.85. The maximum atomic E-state index is 13.2. The quantitative estimate of drug-likeness (QED) is 0.752. The molecule has 0 amide bonds. The van der Waals surface area contributed by atoms with Gasteiger partial charge in [-0.3, -0.25) is 0 Å². The van der Waals surface area contributed by atoms with Crippen LogP contribution in [0.25, 0.3) is 0 Å². The summed E-state index contributed by atoms with van der Waals surface area (Å²) >= 11 is 0. The van der Waals surface area contributed by atoms with Crippen molar-refractivity contribution in [2.75, 3.05) is 6.61 Å². The zero-order chi connectivity index (χ0) is 12.8. The van der Waals surface area contributed by atoms with Crippen LogP contribution in [0, 0.1) is 17.1 Å². The van der Waals surface area contributed by atoms with E-state index in [9.17, 15) is 9.18 Å². The van der Waals surface area contributed by atoms with E-state index >= 15 is 0 Å². The van der Waals surface area contributed by atoms with E-state index in [0.29, 0.717) is 0 Å². The molecule has 0 N–H and O–H groups in total. The maximum absolute atomic E-state index is 13.2. The monoisotopic (exact) mass is 237 g/mol. The number of carbonyl (C=O) groups excluding carboxylic acids is 1. The number of hydrogen-bond donors (Lipinski definition) is 0. The molecule has 0 saturated heterocycles. The first-order valence-corrected chi connectivity index (χ1v) is 5.12. The fourth-order valence-corrected chi connectivity index (χ4v) is 1.21. The van der Waals surface area contributed by atoms with Crippen molar-refractivity contribution < 1.29 is 18.7 Å². The highest BCUT2D eigenvalue weighted by molar-refractivity contribution is 5.74. The molecule has 0 aliphatic heterocycles. The molecule has 17 heavy (non-hydrogen) atoms. The molecule has 0 aliphatic rings. The predicted molar refractivity (Wildman–Crippen MR) is 57.8 cm³/mol. The number of ether oxygens (including phenoxy) is 2. The molecule has 0 spiro atoms. The number of rotatable bonds is 4. The summed E-state index contributed by atoms with van der Waals surface area (Å²) in [6.45, 7) is 3.39. The minimum absolute atomic E-state index is 0.0352. The van der Waals surface area contributed by atoms with Gasteiger partial charge in [-0.2, -0.15) is 5.26 Å². The first-order valence-electron chi connectivity index (χ1n) is 5.12. The van der Waals surface area contributed by atoms with Crippen LogP contribution < -0.4 is 4.74 Å². The number of hydrogen-bond acceptors (Lipinski definition) is 4. The zero-order valence-electron chi connectivity index (χ0n) is 9.57. The Morgan fingerprint density at radius 2 is 2.29 bits per heavy atom. The molecule has 0 fully saturated rings. The van der Waals surface area contributed by atoms with Gasteiger partial charge >= 0.3 is 5.97 Å². The minimum Gasteiger partial charge on any atom is -0.478 e. The van der Waals surface area contributed by atoms with Crippen LogP contribution in [0.1, 0.15) is 19.4 Å². The summed E-state index contributed by atoms with van der Waals surface area (Å²) in [6, 6.07) is 5.68. The van der Waals surface area contributed by atoms with Crippen LogP contribution >= 0.6 is 0 Å². The molecule has 90 valence electrons. The highest BCUT2D eigenvalue weighted by Crippen LogP contribution is 2.21. The topological polar surface area (TPSA) is 59.3 Å². The Hall–Kier alpha value is -2.09. The van der Waals surface area contributed by atoms with E-state index in [1.165, 1.54) is 19.1 Å². The lowest BCUT2D eigenvalue weighted by atomic mass is 10.2. The van der Waals surface area contributed by atoms with Crippen molar-refractivity contribution >= 4 is 5.97 Å². The van der Waals surface area contributed by atoms with E-state index in [-0.39, 0.29) is 17.9 Å². The molecule has 0 radical (unpaired) electrons. The van der Waals surface area contributed by atoms with Crippen molar-refractivity contribution in [1.29, 1.82) is 5.26 Å². The summed E-state index contributed by atoms with van der Waals surface area (Å²) < 4.78 is 23.2. The number of benzene rings is 1. The Kier molecular flexibility index (Phi) is 4.46. The van der Waals surface area contributed by atoms with Gasteiger partial charge in [0.15, 0.2) is 6.10 Å². The van der Waals surface area contributed by atoms with E-state index in [2.05, 4.69) is 0 Å². The van der Waals surface area contributed by atoms with Crippen LogP contribution in [0.15, 0.2) is 18.2 Å². The van der Waals surface area contributed by atoms with Gasteiger partial charge < -0.3 is 9.47 Å². The maximum Gasteiger partial charge on any atom is 0.347 e. The van der Waals surface area contributed by atoms with Gasteiger partial charge in [0.2, 0.25) is 0 Å². The van der Waals surface area contributed by atoms with E-state index in [1.807, 2.05) is 0 Å². The Bertz CT molecular complexity index is 454. The van der Waals surface area contributed by atoms with Crippen molar-refractivity contribution in [1.82, 2.24) is 0 Å². The minimum atomic E-state index is -0.885. The molecule has 1 aromatic carbocycles. The lowest BCUT2D eigenvalue weighted by Crippen LogP contribution is -2.26. The smallest absolute Gasteiger partial charge is 0.347 e. The standard InChI is InChI=1S/C12H12FNO3/c1-3-16-12(15)8(2)17-11-6-4-5-10(13)9(11)7-14/h4-6,8H,3H2,1-2H3. The lowest BCUT2D eigenvalue weighted by molar-refractivity contribution is -0.150. The summed E-state index contributed by atoms with van der Waals surface area (Å²) in [5, 5.41) is 8.77. The van der Waals surface area contributed by atoms with Gasteiger partial charge in [0, 0.05) is 0 Å². The Balaban J connectivity index is 2.86. The fraction of sp³-hybridized carbons (Fsp3) is 0.333. The van der Waals surface area contributed by atoms with E-state index in [4.69, 9.17) is 14.7 Å². The lowest BCUT2D eigenvalue weighted by Gasteiger charge is -2.14. The molecule has 0 bridgehead atoms. The fourth-order valence-electron chi connectivity index (χ4n) is 1.21. The molecular formula is C12H12FNO3. The van der Waals surface area contributed by atoms with E-state index in [1.54, 1.807) is 13.0 Å². The van der Waals surface area contributed by atoms with Gasteiger partial charge in [-0.05, 0) is 26.0 Å². The molecular weight excluding hydrogens is 225 g/mol. The first-order chi connectivity index (χ1) is 8.10. The van der Waals surface area contributed by atoms with Crippen LogP contribution in [-0.2, 0) is 9.53 Å². The van der Waals surface area contributed by atoms with Gasteiger partial charge in [0.25, 0.3) is 0 Å². The Labute approximate surface area is 98.6 Å². The molecule has 0 heterocycles. The average molecular weight is 237 g/mol. The van der Waals surface area contributed by atoms with Gasteiger partial charge in [-0.1, -0.05) is 6.07 Å². The number of esters is 1. The Morgan fingerprint density at radius 3 is 2.88 bits per heavy atom. The number of nitriles is 1. The third-order valence-corrected chi connectivity index (χ3v) is 2.01. The second-order valence-electron chi connectivity index (χ2n) is 3.24.